The lowest BCUT2D eigenvalue weighted by molar-refractivity contribution is 1.17. The van der Waals surface area contributed by atoms with Crippen LogP contribution in [0.15, 0.2) is 134 Å². The van der Waals surface area contributed by atoms with E-state index < -0.39 is 0 Å². The zero-order chi connectivity index (χ0) is 28.0. The van der Waals surface area contributed by atoms with E-state index in [1.807, 2.05) is 73.1 Å². The zero-order valence-electron chi connectivity index (χ0n) is 22.9. The van der Waals surface area contributed by atoms with Gasteiger partial charge in [0.25, 0.3) is 0 Å². The van der Waals surface area contributed by atoms with E-state index in [0.717, 1.165) is 61.5 Å². The maximum Gasteiger partial charge on any atom is 0.0894 e. The molecule has 5 heteroatoms. The molecule has 3 aromatic carbocycles. The van der Waals surface area contributed by atoms with Gasteiger partial charge in [0, 0.05) is 39.8 Å². The number of hydrogen-bond donors (Lipinski definition) is 0. The molecule has 0 spiro atoms. The number of rotatable bonds is 4. The molecule has 0 bridgehead atoms. The van der Waals surface area contributed by atoms with E-state index >= 15 is 0 Å². The van der Waals surface area contributed by atoms with Crippen LogP contribution in [-0.4, -0.2) is 24.5 Å². The van der Waals surface area contributed by atoms with Crippen molar-refractivity contribution in [3.63, 3.8) is 0 Å². The van der Waals surface area contributed by atoms with Crippen LogP contribution in [0.3, 0.4) is 0 Å². The van der Waals surface area contributed by atoms with Crippen LogP contribution < -0.4 is 0 Å². The molecule has 5 heterocycles. The van der Waals surface area contributed by atoms with Crippen molar-refractivity contribution in [2.45, 2.75) is 6.92 Å². The fraction of sp³-hybridized carbons (Fsp3) is 0.0270. The minimum atomic E-state index is 0.815. The molecule has 0 saturated carbocycles. The average molecular weight is 540 g/mol. The van der Waals surface area contributed by atoms with Gasteiger partial charge in [-0.2, -0.15) is 0 Å². The molecule has 0 aliphatic rings. The largest absolute Gasteiger partial charge is 0.309 e. The molecule has 8 aromatic rings. The molecule has 0 radical (unpaired) electrons. The molecule has 8 rings (SSSR count). The Morgan fingerprint density at radius 3 is 2.02 bits per heavy atom. The van der Waals surface area contributed by atoms with Gasteiger partial charge in [-0.25, -0.2) is 15.0 Å². The molecule has 0 amide bonds. The van der Waals surface area contributed by atoms with Crippen molar-refractivity contribution < 1.29 is 0 Å². The molecule has 5 nitrogen and oxygen atoms in total. The summed E-state index contributed by atoms with van der Waals surface area (Å²) in [4.78, 5) is 19.2. The number of pyridine rings is 4. The number of fused-ring (bicyclic) bond motifs is 4. The molecule has 0 atom stereocenters. The van der Waals surface area contributed by atoms with Gasteiger partial charge < -0.3 is 4.57 Å². The van der Waals surface area contributed by atoms with E-state index in [1.54, 1.807) is 0 Å². The van der Waals surface area contributed by atoms with Crippen molar-refractivity contribution in [3.05, 3.63) is 139 Å². The molecule has 0 saturated heterocycles. The molecule has 0 aliphatic carbocycles. The Hall–Kier alpha value is -5.68. The number of nitrogens with zero attached hydrogens (tertiary/aromatic N) is 5. The van der Waals surface area contributed by atoms with E-state index in [1.165, 1.54) is 16.5 Å². The Bertz CT molecular complexity index is 2260. The van der Waals surface area contributed by atoms with Crippen molar-refractivity contribution in [3.8, 4) is 39.7 Å². The topological polar surface area (TPSA) is 56.5 Å². The lowest BCUT2D eigenvalue weighted by atomic mass is 10.1. The van der Waals surface area contributed by atoms with Crippen LogP contribution in [0.25, 0.3) is 72.4 Å². The maximum atomic E-state index is 5.00. The SMILES string of the molecule is Cc1ccc2c(c1)c1cnccc1n2-c1ccc(-c2cccc(-c3cccc(-c4ccc5ccccc5n4)n3)n2)cc1. The molecular formula is C37H25N5. The third-order valence-corrected chi connectivity index (χ3v) is 7.76. The van der Waals surface area contributed by atoms with Gasteiger partial charge >= 0.3 is 0 Å². The number of benzene rings is 3. The molecule has 42 heavy (non-hydrogen) atoms. The quantitative estimate of drug-likeness (QED) is 0.224. The summed E-state index contributed by atoms with van der Waals surface area (Å²) in [6, 6.07) is 41.6. The van der Waals surface area contributed by atoms with Crippen LogP contribution in [0.2, 0.25) is 0 Å². The van der Waals surface area contributed by atoms with Gasteiger partial charge in [0.1, 0.15) is 0 Å². The highest BCUT2D eigenvalue weighted by atomic mass is 15.0. The fourth-order valence-corrected chi connectivity index (χ4v) is 5.71. The number of hydrogen-bond acceptors (Lipinski definition) is 4. The van der Waals surface area contributed by atoms with E-state index in [0.29, 0.717) is 0 Å². The van der Waals surface area contributed by atoms with E-state index in [9.17, 15) is 0 Å². The third-order valence-electron chi connectivity index (χ3n) is 7.76. The second kappa shape index (κ2) is 9.75. The van der Waals surface area contributed by atoms with Crippen LogP contribution in [0.1, 0.15) is 5.56 Å². The smallest absolute Gasteiger partial charge is 0.0894 e. The Kier molecular flexibility index (Phi) is 5.61. The molecule has 0 N–H and O–H groups in total. The number of aromatic nitrogens is 5. The van der Waals surface area contributed by atoms with E-state index in [4.69, 9.17) is 15.0 Å². The van der Waals surface area contributed by atoms with Crippen molar-refractivity contribution in [1.82, 2.24) is 24.5 Å². The Labute approximate surface area is 242 Å². The number of aryl methyl sites for hydroxylation is 1. The van der Waals surface area contributed by atoms with Crippen LogP contribution in [-0.2, 0) is 0 Å². The first-order valence-electron chi connectivity index (χ1n) is 14.0. The molecule has 5 aromatic heterocycles. The lowest BCUT2D eigenvalue weighted by Crippen LogP contribution is -1.95. The van der Waals surface area contributed by atoms with Gasteiger partial charge in [0.05, 0.1) is 45.0 Å². The summed E-state index contributed by atoms with van der Waals surface area (Å²) in [5, 5.41) is 3.48. The minimum Gasteiger partial charge on any atom is -0.309 e. The predicted octanol–water partition coefficient (Wildman–Crippen LogP) is 8.83. The fourth-order valence-electron chi connectivity index (χ4n) is 5.71. The van der Waals surface area contributed by atoms with Crippen molar-refractivity contribution in [2.75, 3.05) is 0 Å². The van der Waals surface area contributed by atoms with Gasteiger partial charge in [-0.05, 0) is 73.7 Å². The molecular weight excluding hydrogens is 514 g/mol. The van der Waals surface area contributed by atoms with E-state index in [2.05, 4.69) is 77.1 Å². The number of para-hydroxylation sites is 1. The van der Waals surface area contributed by atoms with Gasteiger partial charge in [-0.3, -0.25) is 4.98 Å². The second-order valence-electron chi connectivity index (χ2n) is 10.5. The van der Waals surface area contributed by atoms with Crippen LogP contribution in [0.5, 0.6) is 0 Å². The molecule has 198 valence electrons. The first-order valence-corrected chi connectivity index (χ1v) is 14.0. The van der Waals surface area contributed by atoms with Crippen molar-refractivity contribution in [1.29, 1.82) is 0 Å². The highest BCUT2D eigenvalue weighted by Crippen LogP contribution is 2.33. The van der Waals surface area contributed by atoms with Crippen molar-refractivity contribution in [2.24, 2.45) is 0 Å². The highest BCUT2D eigenvalue weighted by molar-refractivity contribution is 6.09. The standard InChI is InChI=1S/C37H25N5/c1-24-12-19-36-28(22-24)29-23-38-21-20-37(29)42(36)27-16-13-26(14-17-27)31-8-4-9-32(39-31)33-10-5-11-34(41-33)35-18-15-25-6-2-3-7-30(25)40-35/h2-23H,1H3. The first kappa shape index (κ1) is 24.1. The Morgan fingerprint density at radius 2 is 1.21 bits per heavy atom. The normalized spacial score (nSPS) is 11.5. The molecule has 0 aliphatic heterocycles. The summed E-state index contributed by atoms with van der Waals surface area (Å²) in [6.07, 6.45) is 3.81. The Morgan fingerprint density at radius 1 is 0.524 bits per heavy atom. The van der Waals surface area contributed by atoms with Gasteiger partial charge in [-0.15, -0.1) is 0 Å². The van der Waals surface area contributed by atoms with Crippen molar-refractivity contribution >= 4 is 32.7 Å². The van der Waals surface area contributed by atoms with Gasteiger partial charge in [0.2, 0.25) is 0 Å². The zero-order valence-corrected chi connectivity index (χ0v) is 22.9. The molecule has 0 unspecified atom stereocenters. The average Bonchev–Trinajstić information content (AvgIpc) is 3.38. The Balaban J connectivity index is 1.15. The van der Waals surface area contributed by atoms with E-state index in [-0.39, 0.29) is 0 Å². The van der Waals surface area contributed by atoms with Gasteiger partial charge in [0.15, 0.2) is 0 Å². The third kappa shape index (κ3) is 4.11. The molecule has 0 fully saturated rings. The van der Waals surface area contributed by atoms with Crippen LogP contribution in [0, 0.1) is 6.92 Å². The maximum absolute atomic E-state index is 5.00. The monoisotopic (exact) mass is 539 g/mol. The second-order valence-corrected chi connectivity index (χ2v) is 10.5. The summed E-state index contributed by atoms with van der Waals surface area (Å²) >= 11 is 0. The lowest BCUT2D eigenvalue weighted by Gasteiger charge is -2.10. The van der Waals surface area contributed by atoms with Crippen LogP contribution in [0.4, 0.5) is 0 Å². The van der Waals surface area contributed by atoms with Gasteiger partial charge in [-0.1, -0.05) is 60.2 Å². The minimum absolute atomic E-state index is 0.815. The summed E-state index contributed by atoms with van der Waals surface area (Å²) < 4.78 is 2.30. The summed E-state index contributed by atoms with van der Waals surface area (Å²) in [6.45, 7) is 2.13. The summed E-state index contributed by atoms with van der Waals surface area (Å²) in [5.74, 6) is 0. The summed E-state index contributed by atoms with van der Waals surface area (Å²) in [7, 11) is 0. The highest BCUT2D eigenvalue weighted by Gasteiger charge is 2.13. The first-order chi connectivity index (χ1) is 20.7. The summed E-state index contributed by atoms with van der Waals surface area (Å²) in [5.41, 5.74) is 10.9. The van der Waals surface area contributed by atoms with Crippen LogP contribution >= 0.6 is 0 Å². The predicted molar refractivity (Wildman–Crippen MR) is 171 cm³/mol.